The van der Waals surface area contributed by atoms with Crippen molar-refractivity contribution in [2.45, 2.75) is 122 Å². The summed E-state index contributed by atoms with van der Waals surface area (Å²) >= 11 is 8.22. The van der Waals surface area contributed by atoms with Gasteiger partial charge in [-0.15, -0.1) is 0 Å². The number of benzene rings is 3. The molecular formula is C47H62ClN7O4S. The Balaban J connectivity index is 0.00000297. The fourth-order valence-electron chi connectivity index (χ4n) is 8.86. The van der Waals surface area contributed by atoms with Crippen LogP contribution in [0.4, 0.5) is 17.3 Å². The Labute approximate surface area is 365 Å². The van der Waals surface area contributed by atoms with Gasteiger partial charge < -0.3 is 31.1 Å². The van der Waals surface area contributed by atoms with Crippen molar-refractivity contribution in [3.05, 3.63) is 87.6 Å². The van der Waals surface area contributed by atoms with Gasteiger partial charge in [0.15, 0.2) is 5.82 Å². The number of hydrogen-bond donors (Lipinski definition) is 4. The molecule has 11 nitrogen and oxygen atoms in total. The number of likely N-dealkylation sites (tertiary alicyclic amines) is 1. The van der Waals surface area contributed by atoms with Gasteiger partial charge >= 0.3 is 0 Å². The number of carbonyl (C=O) groups is 2. The normalized spacial score (nSPS) is 16.7. The number of rotatable bonds is 12. The van der Waals surface area contributed by atoms with Gasteiger partial charge in [0.25, 0.3) is 5.91 Å². The number of aromatic nitrogens is 2. The summed E-state index contributed by atoms with van der Waals surface area (Å²) in [5.41, 5.74) is 11.6. The van der Waals surface area contributed by atoms with Crippen molar-refractivity contribution in [3.8, 4) is 11.5 Å². The zero-order valence-electron chi connectivity index (χ0n) is 36.1. The summed E-state index contributed by atoms with van der Waals surface area (Å²) in [5.74, 6) is 0.524. The molecule has 0 atom stereocenters. The molecule has 2 amide bonds. The molecule has 322 valence electrons. The van der Waals surface area contributed by atoms with Crippen LogP contribution in [0.25, 0.3) is 0 Å². The van der Waals surface area contributed by atoms with Crippen LogP contribution in [0.5, 0.6) is 11.5 Å². The predicted octanol–water partition coefficient (Wildman–Crippen LogP) is 10.2. The van der Waals surface area contributed by atoms with E-state index in [1.165, 1.54) is 37.1 Å². The Morgan fingerprint density at radius 2 is 1.70 bits per heavy atom. The monoisotopic (exact) mass is 855 g/mol. The van der Waals surface area contributed by atoms with Gasteiger partial charge in [-0.05, 0) is 97.0 Å². The number of amides is 2. The minimum absolute atomic E-state index is 0.00763. The lowest BCUT2D eigenvalue weighted by Gasteiger charge is -2.42. The summed E-state index contributed by atoms with van der Waals surface area (Å²) in [6.07, 6.45) is 9.26. The summed E-state index contributed by atoms with van der Waals surface area (Å²) in [6.45, 7) is 17.6. The largest absolute Gasteiger partial charge is 0.508 e. The average molecular weight is 857 g/mol. The maximum absolute atomic E-state index is 13.5. The number of nitrogen functional groups attached to an aromatic ring is 1. The standard InChI is InChI=1S/C45H56ClN7O4S.C2H6/c1-5-14-45(6-2)15-19-52(20-16-45)39-24-48-43(41(47)50-39)58-38-9-7-8-35(40(38)46)49-42(56)30-12-17-51(18-13-30)25-29-10-11-31-26-53(27-32(31)21-29)44(57)34-22-33(28(3)4)36(54)23-37(34)55;1-2/h7-11,21-24,28,30,54-55H,5-6,12-20,25-27H2,1-4H3,(H2,47,50)(H,49,56);1-2H3. The maximum Gasteiger partial charge on any atom is 0.258 e. The molecule has 0 aliphatic carbocycles. The van der Waals surface area contributed by atoms with Crippen molar-refractivity contribution in [1.29, 1.82) is 0 Å². The lowest BCUT2D eigenvalue weighted by molar-refractivity contribution is -0.121. The van der Waals surface area contributed by atoms with E-state index in [2.05, 4.69) is 52.1 Å². The van der Waals surface area contributed by atoms with Crippen LogP contribution in [0.1, 0.15) is 125 Å². The van der Waals surface area contributed by atoms with Crippen LogP contribution < -0.4 is 16.0 Å². The quantitative estimate of drug-likeness (QED) is 0.109. The van der Waals surface area contributed by atoms with Crippen LogP contribution in [-0.2, 0) is 24.4 Å². The Kier molecular flexibility index (Phi) is 14.9. The van der Waals surface area contributed by atoms with Gasteiger partial charge in [0, 0.05) is 49.6 Å². The summed E-state index contributed by atoms with van der Waals surface area (Å²) in [5, 5.41) is 24.8. The molecule has 0 unspecified atom stereocenters. The predicted molar refractivity (Wildman–Crippen MR) is 243 cm³/mol. The van der Waals surface area contributed by atoms with Gasteiger partial charge in [-0.3, -0.25) is 14.5 Å². The van der Waals surface area contributed by atoms with E-state index in [9.17, 15) is 19.8 Å². The number of nitrogens with one attached hydrogen (secondary N) is 1. The third-order valence-electron chi connectivity index (χ3n) is 12.5. The van der Waals surface area contributed by atoms with E-state index in [0.717, 1.165) is 85.8 Å². The van der Waals surface area contributed by atoms with E-state index >= 15 is 0 Å². The molecule has 5 N–H and O–H groups in total. The molecule has 2 saturated heterocycles. The number of hydrogen-bond acceptors (Lipinski definition) is 10. The molecule has 1 aromatic heterocycles. The first-order chi connectivity index (χ1) is 28.9. The Bertz CT molecular complexity index is 2150. The Morgan fingerprint density at radius 1 is 0.983 bits per heavy atom. The number of phenolic OH excluding ortho intramolecular Hbond substituents is 2. The van der Waals surface area contributed by atoms with Gasteiger partial charge in [-0.1, -0.05) is 102 Å². The second-order valence-electron chi connectivity index (χ2n) is 16.6. The number of nitrogens with zero attached hydrogens (tertiary/aromatic N) is 5. The van der Waals surface area contributed by atoms with Crippen molar-refractivity contribution in [2.75, 3.05) is 42.1 Å². The van der Waals surface area contributed by atoms with E-state index in [0.29, 0.717) is 45.6 Å². The zero-order valence-corrected chi connectivity index (χ0v) is 37.6. The van der Waals surface area contributed by atoms with Gasteiger partial charge in [-0.25, -0.2) is 9.97 Å². The molecule has 7 rings (SSSR count). The summed E-state index contributed by atoms with van der Waals surface area (Å²) in [4.78, 5) is 43.5. The highest BCUT2D eigenvalue weighted by atomic mass is 35.5. The van der Waals surface area contributed by atoms with E-state index < -0.39 is 0 Å². The first-order valence-electron chi connectivity index (χ1n) is 21.7. The van der Waals surface area contributed by atoms with Crippen LogP contribution in [0.15, 0.2) is 64.6 Å². The molecule has 13 heteroatoms. The molecule has 0 radical (unpaired) electrons. The van der Waals surface area contributed by atoms with Gasteiger partial charge in [-0.2, -0.15) is 0 Å². The van der Waals surface area contributed by atoms with Crippen LogP contribution in [-0.4, -0.2) is 68.0 Å². The second-order valence-corrected chi connectivity index (χ2v) is 18.0. The summed E-state index contributed by atoms with van der Waals surface area (Å²) in [6, 6.07) is 14.8. The lowest BCUT2D eigenvalue weighted by Crippen LogP contribution is -2.40. The maximum atomic E-state index is 13.5. The molecule has 3 aromatic carbocycles. The molecule has 4 heterocycles. The number of carbonyl (C=O) groups excluding carboxylic acids is 2. The first kappa shape index (κ1) is 45.0. The molecule has 60 heavy (non-hydrogen) atoms. The van der Waals surface area contributed by atoms with E-state index in [4.69, 9.17) is 22.3 Å². The number of aromatic hydroxyl groups is 2. The Morgan fingerprint density at radius 3 is 2.37 bits per heavy atom. The van der Waals surface area contributed by atoms with Gasteiger partial charge in [0.2, 0.25) is 5.91 Å². The highest BCUT2D eigenvalue weighted by molar-refractivity contribution is 7.99. The minimum Gasteiger partial charge on any atom is -0.508 e. The van der Waals surface area contributed by atoms with Crippen LogP contribution in [0.2, 0.25) is 5.02 Å². The zero-order chi connectivity index (χ0) is 43.1. The molecule has 0 saturated carbocycles. The van der Waals surface area contributed by atoms with Crippen LogP contribution in [0, 0.1) is 11.3 Å². The molecular weight excluding hydrogens is 794 g/mol. The molecule has 4 aromatic rings. The van der Waals surface area contributed by atoms with E-state index in [1.54, 1.807) is 17.2 Å². The third kappa shape index (κ3) is 10.1. The number of halogens is 1. The van der Waals surface area contributed by atoms with E-state index in [1.807, 2.05) is 45.9 Å². The highest BCUT2D eigenvalue weighted by Crippen LogP contribution is 2.42. The fraction of sp³-hybridized carbons (Fsp3) is 0.489. The Hall–Kier alpha value is -4.52. The molecule has 3 aliphatic heterocycles. The second kappa shape index (κ2) is 19.9. The van der Waals surface area contributed by atoms with Gasteiger partial charge in [0.05, 0.1) is 22.5 Å². The summed E-state index contributed by atoms with van der Waals surface area (Å²) in [7, 11) is 0. The lowest BCUT2D eigenvalue weighted by atomic mass is 9.73. The van der Waals surface area contributed by atoms with Crippen molar-refractivity contribution in [1.82, 2.24) is 19.8 Å². The molecule has 3 aliphatic rings. The molecule has 0 bridgehead atoms. The number of phenols is 2. The highest BCUT2D eigenvalue weighted by Gasteiger charge is 2.33. The number of piperidine rings is 2. The van der Waals surface area contributed by atoms with Crippen molar-refractivity contribution >= 4 is 52.5 Å². The minimum atomic E-state index is -0.258. The van der Waals surface area contributed by atoms with Crippen LogP contribution in [0.3, 0.4) is 0 Å². The fourth-order valence-corrected chi connectivity index (χ4v) is 9.96. The number of anilines is 3. The third-order valence-corrected chi connectivity index (χ3v) is 14.1. The smallest absolute Gasteiger partial charge is 0.258 e. The average Bonchev–Trinajstić information content (AvgIpc) is 3.68. The molecule has 2 fully saturated rings. The van der Waals surface area contributed by atoms with Crippen molar-refractivity contribution < 1.29 is 19.8 Å². The molecule has 0 spiro atoms. The van der Waals surface area contributed by atoms with Crippen molar-refractivity contribution in [3.63, 3.8) is 0 Å². The van der Waals surface area contributed by atoms with Crippen molar-refractivity contribution in [2.24, 2.45) is 11.3 Å². The van der Waals surface area contributed by atoms with E-state index in [-0.39, 0.29) is 40.7 Å². The van der Waals surface area contributed by atoms with Crippen LogP contribution >= 0.6 is 23.4 Å². The summed E-state index contributed by atoms with van der Waals surface area (Å²) < 4.78 is 0. The first-order valence-corrected chi connectivity index (χ1v) is 22.9. The number of fused-ring (bicyclic) bond motifs is 1. The topological polar surface area (TPSA) is 148 Å². The SMILES string of the molecule is CC.CCCC1(CC)CCN(c2cnc(Sc3cccc(NC(=O)C4CCN(Cc5ccc6c(c5)CN(C(=O)c5cc(C(C)C)c(O)cc5O)C6)CC4)c3Cl)c(N)n2)CC1. The van der Waals surface area contributed by atoms with Gasteiger partial charge in [0.1, 0.15) is 22.3 Å². The number of nitrogens with two attached hydrogens (primary N) is 1.